The smallest absolute Gasteiger partial charge is 0.0988 e. The predicted molar refractivity (Wildman–Crippen MR) is 89.6 cm³/mol. The lowest BCUT2D eigenvalue weighted by Gasteiger charge is -2.16. The van der Waals surface area contributed by atoms with Gasteiger partial charge in [-0.15, -0.1) is 0 Å². The largest absolute Gasteiger partial charge is 0.472 e. The van der Waals surface area contributed by atoms with Crippen LogP contribution in [-0.2, 0) is 0 Å². The van der Waals surface area contributed by atoms with Crippen LogP contribution in [0.4, 0.5) is 0 Å². The molecule has 0 aliphatic carbocycles. The SMILES string of the molecule is Cc1ccc(-c2cocc2-c2cocc2[Si](C)(C)C)cc1. The zero-order valence-corrected chi connectivity index (χ0v) is 13.9. The number of hydrogen-bond acceptors (Lipinski definition) is 2. The fraction of sp³-hybridized carbons (Fsp3) is 0.222. The Morgan fingerprint density at radius 2 is 1.29 bits per heavy atom. The molecule has 21 heavy (non-hydrogen) atoms. The molecular weight excluding hydrogens is 276 g/mol. The molecule has 0 atom stereocenters. The highest BCUT2D eigenvalue weighted by Crippen LogP contribution is 2.33. The topological polar surface area (TPSA) is 26.3 Å². The molecule has 2 heterocycles. The van der Waals surface area contributed by atoms with E-state index in [1.165, 1.54) is 21.9 Å². The highest BCUT2D eigenvalue weighted by molar-refractivity contribution is 6.89. The molecule has 0 unspecified atom stereocenters. The molecule has 0 saturated heterocycles. The van der Waals surface area contributed by atoms with Crippen molar-refractivity contribution in [3.8, 4) is 22.3 Å². The van der Waals surface area contributed by atoms with Crippen molar-refractivity contribution in [1.82, 2.24) is 0 Å². The fourth-order valence-electron chi connectivity index (χ4n) is 2.55. The Morgan fingerprint density at radius 1 is 0.714 bits per heavy atom. The Labute approximate surface area is 126 Å². The van der Waals surface area contributed by atoms with E-state index in [1.54, 1.807) is 0 Å². The van der Waals surface area contributed by atoms with Crippen LogP contribution >= 0.6 is 0 Å². The first-order valence-electron chi connectivity index (χ1n) is 7.17. The van der Waals surface area contributed by atoms with Gasteiger partial charge in [0, 0.05) is 16.7 Å². The van der Waals surface area contributed by atoms with Crippen molar-refractivity contribution in [3.05, 3.63) is 54.9 Å². The van der Waals surface area contributed by atoms with Gasteiger partial charge in [-0.2, -0.15) is 0 Å². The summed E-state index contributed by atoms with van der Waals surface area (Å²) in [5, 5.41) is 1.33. The molecule has 108 valence electrons. The molecule has 0 radical (unpaired) electrons. The van der Waals surface area contributed by atoms with Gasteiger partial charge in [-0.1, -0.05) is 49.5 Å². The van der Waals surface area contributed by atoms with Gasteiger partial charge in [-0.05, 0) is 17.7 Å². The van der Waals surface area contributed by atoms with Crippen LogP contribution in [0.5, 0.6) is 0 Å². The Morgan fingerprint density at radius 3 is 1.95 bits per heavy atom. The van der Waals surface area contributed by atoms with Gasteiger partial charge in [0.15, 0.2) is 0 Å². The minimum Gasteiger partial charge on any atom is -0.472 e. The van der Waals surface area contributed by atoms with Crippen molar-refractivity contribution in [1.29, 1.82) is 0 Å². The van der Waals surface area contributed by atoms with Crippen LogP contribution in [0.2, 0.25) is 19.6 Å². The number of aryl methyl sites for hydroxylation is 1. The van der Waals surface area contributed by atoms with E-state index in [9.17, 15) is 0 Å². The first-order chi connectivity index (χ1) is 9.97. The second-order valence-electron chi connectivity index (χ2n) is 6.51. The van der Waals surface area contributed by atoms with Crippen LogP contribution in [-0.4, -0.2) is 8.07 Å². The quantitative estimate of drug-likeness (QED) is 0.631. The van der Waals surface area contributed by atoms with Gasteiger partial charge in [0.25, 0.3) is 0 Å². The molecule has 0 bridgehead atoms. The molecule has 3 aromatic rings. The second kappa shape index (κ2) is 5.08. The van der Waals surface area contributed by atoms with Gasteiger partial charge >= 0.3 is 0 Å². The zero-order valence-electron chi connectivity index (χ0n) is 12.9. The minimum absolute atomic E-state index is 1.12. The van der Waals surface area contributed by atoms with Gasteiger partial charge in [-0.3, -0.25) is 0 Å². The molecule has 0 aliphatic rings. The van der Waals surface area contributed by atoms with E-state index in [0.717, 1.165) is 11.1 Å². The van der Waals surface area contributed by atoms with Crippen LogP contribution < -0.4 is 5.19 Å². The maximum atomic E-state index is 5.50. The van der Waals surface area contributed by atoms with E-state index < -0.39 is 8.07 Å². The third kappa shape index (κ3) is 2.61. The van der Waals surface area contributed by atoms with Crippen LogP contribution in [0.3, 0.4) is 0 Å². The maximum absolute atomic E-state index is 5.50. The highest BCUT2D eigenvalue weighted by atomic mass is 28.3. The summed E-state index contributed by atoms with van der Waals surface area (Å²) in [6.07, 6.45) is 7.38. The standard InChI is InChI=1S/C18H20O2Si/c1-13-5-7-14(8-6-13)15-9-19-10-16(15)17-11-20-12-18(17)21(2,3)4/h5-12H,1-4H3. The van der Waals surface area contributed by atoms with Crippen molar-refractivity contribution in [2.24, 2.45) is 0 Å². The lowest BCUT2D eigenvalue weighted by Crippen LogP contribution is -2.37. The number of benzene rings is 1. The van der Waals surface area contributed by atoms with Gasteiger partial charge in [0.1, 0.15) is 0 Å². The molecule has 0 N–H and O–H groups in total. The van der Waals surface area contributed by atoms with Crippen molar-refractivity contribution in [3.63, 3.8) is 0 Å². The van der Waals surface area contributed by atoms with E-state index in [-0.39, 0.29) is 0 Å². The number of furan rings is 2. The third-order valence-corrected chi connectivity index (χ3v) is 5.79. The molecule has 3 heteroatoms. The third-order valence-electron chi connectivity index (χ3n) is 3.78. The van der Waals surface area contributed by atoms with Gasteiger partial charge < -0.3 is 8.83 Å². The lowest BCUT2D eigenvalue weighted by atomic mass is 10.0. The fourth-order valence-corrected chi connectivity index (χ4v) is 3.97. The molecular formula is C18H20O2Si. The normalized spacial score (nSPS) is 11.8. The number of rotatable bonds is 3. The van der Waals surface area contributed by atoms with E-state index in [1.807, 2.05) is 25.1 Å². The zero-order chi connectivity index (χ0) is 15.0. The van der Waals surface area contributed by atoms with E-state index in [2.05, 4.69) is 50.8 Å². The minimum atomic E-state index is -1.45. The highest BCUT2D eigenvalue weighted by Gasteiger charge is 2.25. The average Bonchev–Trinajstić information content (AvgIpc) is 3.07. The Kier molecular flexibility index (Phi) is 3.37. The second-order valence-corrected chi connectivity index (χ2v) is 11.6. The van der Waals surface area contributed by atoms with Crippen LogP contribution in [0.25, 0.3) is 22.3 Å². The van der Waals surface area contributed by atoms with E-state index in [0.29, 0.717) is 0 Å². The summed E-state index contributed by atoms with van der Waals surface area (Å²) in [6, 6.07) is 8.53. The van der Waals surface area contributed by atoms with Gasteiger partial charge in [0.2, 0.25) is 0 Å². The summed E-state index contributed by atoms with van der Waals surface area (Å²) in [7, 11) is -1.45. The molecule has 0 amide bonds. The molecule has 3 rings (SSSR count). The van der Waals surface area contributed by atoms with Crippen LogP contribution in [0.15, 0.2) is 58.2 Å². The van der Waals surface area contributed by atoms with Gasteiger partial charge in [-0.25, -0.2) is 0 Å². The summed E-state index contributed by atoms with van der Waals surface area (Å²) < 4.78 is 11.0. The van der Waals surface area contributed by atoms with Crippen LogP contribution in [0.1, 0.15) is 5.56 Å². The molecule has 0 aliphatic heterocycles. The lowest BCUT2D eigenvalue weighted by molar-refractivity contribution is 0.566. The summed E-state index contributed by atoms with van der Waals surface area (Å²) in [5.41, 5.74) is 5.83. The molecule has 2 nitrogen and oxygen atoms in total. The summed E-state index contributed by atoms with van der Waals surface area (Å²) in [4.78, 5) is 0. The molecule has 0 spiro atoms. The summed E-state index contributed by atoms with van der Waals surface area (Å²) in [5.74, 6) is 0. The van der Waals surface area contributed by atoms with Crippen molar-refractivity contribution in [2.75, 3.05) is 0 Å². The van der Waals surface area contributed by atoms with Gasteiger partial charge in [0.05, 0.1) is 33.1 Å². The first kappa shape index (κ1) is 14.0. The Bertz CT molecular complexity index is 742. The summed E-state index contributed by atoms with van der Waals surface area (Å²) >= 11 is 0. The van der Waals surface area contributed by atoms with E-state index in [4.69, 9.17) is 8.83 Å². The van der Waals surface area contributed by atoms with E-state index >= 15 is 0 Å². The van der Waals surface area contributed by atoms with Crippen LogP contribution in [0, 0.1) is 6.92 Å². The van der Waals surface area contributed by atoms with Crippen molar-refractivity contribution >= 4 is 13.3 Å². The predicted octanol–water partition coefficient (Wildman–Crippen LogP) is 5.06. The Balaban J connectivity index is 2.12. The molecule has 2 aromatic heterocycles. The Hall–Kier alpha value is -2.00. The average molecular weight is 296 g/mol. The monoisotopic (exact) mass is 296 g/mol. The van der Waals surface area contributed by atoms with Crippen molar-refractivity contribution < 1.29 is 8.83 Å². The van der Waals surface area contributed by atoms with Crippen molar-refractivity contribution in [2.45, 2.75) is 26.6 Å². The molecule has 0 saturated carbocycles. The maximum Gasteiger partial charge on any atom is 0.0988 e. The first-order valence-corrected chi connectivity index (χ1v) is 10.7. The molecule has 0 fully saturated rings. The number of hydrogen-bond donors (Lipinski definition) is 0. The molecule has 1 aromatic carbocycles. The summed E-state index contributed by atoms with van der Waals surface area (Å²) in [6.45, 7) is 9.08.